The van der Waals surface area contributed by atoms with Crippen molar-refractivity contribution in [3.05, 3.63) is 0 Å². The van der Waals surface area contributed by atoms with Crippen LogP contribution in [-0.2, 0) is 9.53 Å². The molecule has 1 aliphatic heterocycles. The van der Waals surface area contributed by atoms with Gasteiger partial charge in [0.15, 0.2) is 0 Å². The second kappa shape index (κ2) is 6.80. The summed E-state index contributed by atoms with van der Waals surface area (Å²) in [6.07, 6.45) is 2.78. The summed E-state index contributed by atoms with van der Waals surface area (Å²) in [7, 11) is 3.83. The van der Waals surface area contributed by atoms with E-state index in [1.54, 1.807) is 0 Å². The third-order valence-corrected chi connectivity index (χ3v) is 2.87. The number of hydrogen-bond acceptors (Lipinski definition) is 3. The van der Waals surface area contributed by atoms with E-state index in [-0.39, 0.29) is 11.8 Å². The third kappa shape index (κ3) is 4.18. The summed E-state index contributed by atoms with van der Waals surface area (Å²) in [4.78, 5) is 13.8. The minimum Gasteiger partial charge on any atom is -0.381 e. The molecule has 1 heterocycles. The molecule has 1 saturated heterocycles. The Morgan fingerprint density at radius 1 is 1.47 bits per heavy atom. The summed E-state index contributed by atoms with van der Waals surface area (Å²) in [6.45, 7) is 3.28. The molecule has 0 saturated carbocycles. The zero-order valence-corrected chi connectivity index (χ0v) is 9.79. The number of carbonyl (C=O) groups is 1. The van der Waals surface area contributed by atoms with E-state index in [1.165, 1.54) is 0 Å². The van der Waals surface area contributed by atoms with Gasteiger partial charge in [0.25, 0.3) is 0 Å². The number of amides is 1. The number of carbonyl (C=O) groups excluding carboxylic acids is 1. The molecule has 0 aromatic carbocycles. The van der Waals surface area contributed by atoms with Crippen molar-refractivity contribution in [1.82, 2.24) is 10.2 Å². The smallest absolute Gasteiger partial charge is 0.225 e. The Kier molecular flexibility index (Phi) is 5.65. The average Bonchev–Trinajstić information content (AvgIpc) is 2.29. The molecule has 4 heteroatoms. The van der Waals surface area contributed by atoms with Crippen LogP contribution in [0, 0.1) is 5.92 Å². The molecule has 4 nitrogen and oxygen atoms in total. The Labute approximate surface area is 92.0 Å². The summed E-state index contributed by atoms with van der Waals surface area (Å²) < 4.78 is 5.25. The van der Waals surface area contributed by atoms with Crippen LogP contribution in [-0.4, -0.2) is 51.2 Å². The van der Waals surface area contributed by atoms with Crippen molar-refractivity contribution < 1.29 is 9.53 Å². The molecule has 0 aromatic rings. The van der Waals surface area contributed by atoms with E-state index in [0.717, 1.165) is 45.6 Å². The predicted octanol–water partition coefficient (Wildman–Crippen LogP) is 0.481. The molecule has 1 fully saturated rings. The van der Waals surface area contributed by atoms with Crippen LogP contribution in [0.4, 0.5) is 0 Å². The van der Waals surface area contributed by atoms with Gasteiger partial charge in [0.1, 0.15) is 0 Å². The lowest BCUT2D eigenvalue weighted by atomic mass is 9.99. The Bertz CT molecular complexity index is 191. The topological polar surface area (TPSA) is 41.6 Å². The van der Waals surface area contributed by atoms with Gasteiger partial charge in [-0.1, -0.05) is 0 Å². The molecule has 0 atom stereocenters. The Hall–Kier alpha value is -0.610. The summed E-state index contributed by atoms with van der Waals surface area (Å²) in [6, 6.07) is 0. The zero-order valence-electron chi connectivity index (χ0n) is 9.79. The molecular formula is C11H22N2O2. The minimum absolute atomic E-state index is 0.193. The molecule has 1 amide bonds. The molecule has 0 spiro atoms. The number of rotatable bonds is 5. The van der Waals surface area contributed by atoms with Gasteiger partial charge < -0.3 is 15.0 Å². The number of nitrogens with one attached hydrogen (secondary N) is 1. The van der Waals surface area contributed by atoms with Gasteiger partial charge in [-0.25, -0.2) is 0 Å². The van der Waals surface area contributed by atoms with Crippen molar-refractivity contribution in [2.75, 3.05) is 40.4 Å². The van der Waals surface area contributed by atoms with Gasteiger partial charge in [-0.05, 0) is 32.9 Å². The minimum atomic E-state index is 0.193. The second-order valence-corrected chi connectivity index (χ2v) is 4.10. The van der Waals surface area contributed by atoms with Crippen LogP contribution >= 0.6 is 0 Å². The van der Waals surface area contributed by atoms with E-state index in [2.05, 4.69) is 5.32 Å². The molecule has 0 aromatic heterocycles. The van der Waals surface area contributed by atoms with Crippen molar-refractivity contribution >= 4 is 5.91 Å². The van der Waals surface area contributed by atoms with Gasteiger partial charge in [-0.3, -0.25) is 4.79 Å². The van der Waals surface area contributed by atoms with Crippen molar-refractivity contribution in [3.63, 3.8) is 0 Å². The van der Waals surface area contributed by atoms with E-state index in [0.29, 0.717) is 0 Å². The van der Waals surface area contributed by atoms with Gasteiger partial charge in [0.2, 0.25) is 5.91 Å². The molecule has 1 rings (SSSR count). The predicted molar refractivity (Wildman–Crippen MR) is 59.7 cm³/mol. The van der Waals surface area contributed by atoms with Crippen molar-refractivity contribution in [2.45, 2.75) is 19.3 Å². The zero-order chi connectivity index (χ0) is 11.1. The van der Waals surface area contributed by atoms with Gasteiger partial charge >= 0.3 is 0 Å². The first-order valence-corrected chi connectivity index (χ1v) is 5.73. The van der Waals surface area contributed by atoms with Gasteiger partial charge in [-0.15, -0.1) is 0 Å². The van der Waals surface area contributed by atoms with E-state index < -0.39 is 0 Å². The van der Waals surface area contributed by atoms with Gasteiger partial charge in [0.05, 0.1) is 0 Å². The fraction of sp³-hybridized carbons (Fsp3) is 0.909. The first-order valence-electron chi connectivity index (χ1n) is 5.73. The van der Waals surface area contributed by atoms with Crippen LogP contribution in [0.25, 0.3) is 0 Å². The fourth-order valence-electron chi connectivity index (χ4n) is 1.86. The van der Waals surface area contributed by atoms with E-state index in [1.807, 2.05) is 19.0 Å². The second-order valence-electron chi connectivity index (χ2n) is 4.10. The third-order valence-electron chi connectivity index (χ3n) is 2.87. The van der Waals surface area contributed by atoms with E-state index in [4.69, 9.17) is 4.74 Å². The van der Waals surface area contributed by atoms with Crippen molar-refractivity contribution in [1.29, 1.82) is 0 Å². The van der Waals surface area contributed by atoms with Crippen LogP contribution in [0.2, 0.25) is 0 Å². The highest BCUT2D eigenvalue weighted by Gasteiger charge is 2.23. The SMILES string of the molecule is CNCCCN(C)C(=O)C1CCOCC1. The first-order chi connectivity index (χ1) is 7.25. The fourth-order valence-corrected chi connectivity index (χ4v) is 1.86. The van der Waals surface area contributed by atoms with Crippen molar-refractivity contribution in [3.8, 4) is 0 Å². The molecule has 0 unspecified atom stereocenters. The summed E-state index contributed by atoms with van der Waals surface area (Å²) in [5.41, 5.74) is 0. The molecule has 88 valence electrons. The molecule has 0 bridgehead atoms. The quantitative estimate of drug-likeness (QED) is 0.677. The summed E-state index contributed by atoms with van der Waals surface area (Å²) >= 11 is 0. The molecule has 1 N–H and O–H groups in total. The molecule has 0 aliphatic carbocycles. The number of hydrogen-bond donors (Lipinski definition) is 1. The maximum Gasteiger partial charge on any atom is 0.225 e. The normalized spacial score (nSPS) is 17.7. The largest absolute Gasteiger partial charge is 0.381 e. The Morgan fingerprint density at radius 3 is 2.73 bits per heavy atom. The highest BCUT2D eigenvalue weighted by Crippen LogP contribution is 2.16. The molecule has 0 radical (unpaired) electrons. The molecular weight excluding hydrogens is 192 g/mol. The van der Waals surface area contributed by atoms with Crippen LogP contribution in [0.1, 0.15) is 19.3 Å². The summed E-state index contributed by atoms with van der Waals surface area (Å²) in [5.74, 6) is 0.479. The van der Waals surface area contributed by atoms with Crippen LogP contribution in [0.15, 0.2) is 0 Å². The first kappa shape index (κ1) is 12.5. The Balaban J connectivity index is 2.24. The maximum atomic E-state index is 11.9. The number of ether oxygens (including phenoxy) is 1. The highest BCUT2D eigenvalue weighted by molar-refractivity contribution is 5.78. The molecule has 15 heavy (non-hydrogen) atoms. The van der Waals surface area contributed by atoms with Crippen LogP contribution in [0.3, 0.4) is 0 Å². The average molecular weight is 214 g/mol. The standard InChI is InChI=1S/C11H22N2O2/c1-12-6-3-7-13(2)11(14)10-4-8-15-9-5-10/h10,12H,3-9H2,1-2H3. The lowest BCUT2D eigenvalue weighted by molar-refractivity contribution is -0.137. The summed E-state index contributed by atoms with van der Waals surface area (Å²) in [5, 5.41) is 3.08. The number of nitrogens with zero attached hydrogens (tertiary/aromatic N) is 1. The Morgan fingerprint density at radius 2 is 2.13 bits per heavy atom. The van der Waals surface area contributed by atoms with Crippen molar-refractivity contribution in [2.24, 2.45) is 5.92 Å². The molecule has 1 aliphatic rings. The lowest BCUT2D eigenvalue weighted by Crippen LogP contribution is -2.37. The van der Waals surface area contributed by atoms with Gasteiger partial charge in [0, 0.05) is 32.7 Å². The maximum absolute atomic E-state index is 11.9. The van der Waals surface area contributed by atoms with E-state index >= 15 is 0 Å². The monoisotopic (exact) mass is 214 g/mol. The lowest BCUT2D eigenvalue weighted by Gasteiger charge is -2.26. The highest BCUT2D eigenvalue weighted by atomic mass is 16.5. The van der Waals surface area contributed by atoms with Crippen LogP contribution < -0.4 is 5.32 Å². The van der Waals surface area contributed by atoms with Crippen LogP contribution in [0.5, 0.6) is 0 Å². The van der Waals surface area contributed by atoms with Gasteiger partial charge in [-0.2, -0.15) is 0 Å². The van der Waals surface area contributed by atoms with E-state index in [9.17, 15) is 4.79 Å².